The van der Waals surface area contributed by atoms with Gasteiger partial charge in [0.05, 0.1) is 23.7 Å². The molecule has 0 aliphatic rings. The highest BCUT2D eigenvalue weighted by Gasteiger charge is 2.11. The molecule has 0 aliphatic heterocycles. The van der Waals surface area contributed by atoms with Crippen molar-refractivity contribution in [2.75, 3.05) is 54.3 Å². The smallest absolute Gasteiger partial charge is 0.216 e. The number of sulfone groups is 1. The molecule has 0 saturated carbocycles. The van der Waals surface area contributed by atoms with Gasteiger partial charge in [-0.15, -0.1) is 0 Å². The van der Waals surface area contributed by atoms with Gasteiger partial charge in [-0.25, -0.2) is 8.42 Å². The summed E-state index contributed by atoms with van der Waals surface area (Å²) in [6, 6.07) is 0. The molecule has 1 N–H and O–H groups in total. The van der Waals surface area contributed by atoms with E-state index < -0.39 is 9.84 Å². The Morgan fingerprint density at radius 3 is 1.97 bits per heavy atom. The van der Waals surface area contributed by atoms with Crippen molar-refractivity contribution >= 4 is 39.3 Å². The van der Waals surface area contributed by atoms with Crippen molar-refractivity contribution in [3.05, 3.63) is 0 Å². The largest absolute Gasteiger partial charge is 0.378 e. The van der Waals surface area contributed by atoms with Crippen molar-refractivity contribution in [3.8, 4) is 0 Å². The third-order valence-corrected chi connectivity index (χ3v) is 8.18. The van der Waals surface area contributed by atoms with Crippen molar-refractivity contribution in [3.63, 3.8) is 0 Å². The van der Waals surface area contributed by atoms with E-state index in [1.165, 1.54) is 6.92 Å². The van der Waals surface area contributed by atoms with Gasteiger partial charge in [-0.3, -0.25) is 4.79 Å². The minimum atomic E-state index is -3.00. The average molecular weight is 502 g/mol. The van der Waals surface area contributed by atoms with Crippen LogP contribution in [0.25, 0.3) is 0 Å². The van der Waals surface area contributed by atoms with Crippen LogP contribution in [0.15, 0.2) is 0 Å². The summed E-state index contributed by atoms with van der Waals surface area (Å²) in [6.45, 7) is 16.0. The van der Waals surface area contributed by atoms with Crippen LogP contribution in [0.2, 0.25) is 0 Å². The molecule has 0 fully saturated rings. The van der Waals surface area contributed by atoms with E-state index in [1.807, 2.05) is 13.8 Å². The fraction of sp³-hybridized carbons (Fsp3) is 0.955. The van der Waals surface area contributed by atoms with E-state index in [-0.39, 0.29) is 29.6 Å². The topological polar surface area (TPSA) is 81.7 Å². The third-order valence-electron chi connectivity index (χ3n) is 4.01. The Morgan fingerprint density at radius 1 is 0.871 bits per heavy atom. The first-order valence-electron chi connectivity index (χ1n) is 11.5. The summed E-state index contributed by atoms with van der Waals surface area (Å²) in [5.41, 5.74) is 0. The van der Waals surface area contributed by atoms with E-state index >= 15 is 0 Å². The SMILES string of the molecule is CC.CC(=O)NCCSCCS(=O)(=O)CCSCCC(C)OCCC(C)OCC(C)C. The van der Waals surface area contributed by atoms with Gasteiger partial charge in [0.1, 0.15) is 0 Å². The molecule has 0 spiro atoms. The van der Waals surface area contributed by atoms with E-state index in [1.54, 1.807) is 23.5 Å². The van der Waals surface area contributed by atoms with Gasteiger partial charge < -0.3 is 14.8 Å². The van der Waals surface area contributed by atoms with Crippen LogP contribution in [0.3, 0.4) is 0 Å². The Balaban J connectivity index is 0. The van der Waals surface area contributed by atoms with Gasteiger partial charge in [0, 0.05) is 43.9 Å². The van der Waals surface area contributed by atoms with Gasteiger partial charge in [0.15, 0.2) is 9.84 Å². The summed E-state index contributed by atoms with van der Waals surface area (Å²) in [6.07, 6.45) is 2.21. The second kappa shape index (κ2) is 21.9. The van der Waals surface area contributed by atoms with Crippen LogP contribution in [-0.2, 0) is 24.1 Å². The number of ether oxygens (including phenoxy) is 2. The van der Waals surface area contributed by atoms with Gasteiger partial charge in [0.2, 0.25) is 5.91 Å². The van der Waals surface area contributed by atoms with Gasteiger partial charge in [-0.1, -0.05) is 27.7 Å². The van der Waals surface area contributed by atoms with Gasteiger partial charge in [-0.2, -0.15) is 23.5 Å². The molecular formula is C22H47NO5S3. The van der Waals surface area contributed by atoms with Gasteiger partial charge in [-0.05, 0) is 38.4 Å². The van der Waals surface area contributed by atoms with Crippen LogP contribution < -0.4 is 5.32 Å². The minimum Gasteiger partial charge on any atom is -0.378 e. The normalized spacial score (nSPS) is 13.4. The van der Waals surface area contributed by atoms with E-state index in [2.05, 4.69) is 33.0 Å². The summed E-state index contributed by atoms with van der Waals surface area (Å²) >= 11 is 3.23. The monoisotopic (exact) mass is 501 g/mol. The summed E-state index contributed by atoms with van der Waals surface area (Å²) in [5, 5.41) is 2.70. The quantitative estimate of drug-likeness (QED) is 0.265. The maximum absolute atomic E-state index is 12.0. The Bertz CT molecular complexity index is 515. The number of carbonyl (C=O) groups is 1. The van der Waals surface area contributed by atoms with Gasteiger partial charge in [0.25, 0.3) is 0 Å². The minimum absolute atomic E-state index is 0.0554. The fourth-order valence-electron chi connectivity index (χ4n) is 2.19. The molecule has 0 aliphatic carbocycles. The molecule has 0 aromatic heterocycles. The number of hydrogen-bond acceptors (Lipinski definition) is 7. The molecule has 0 bridgehead atoms. The lowest BCUT2D eigenvalue weighted by Crippen LogP contribution is -2.23. The number of carbonyl (C=O) groups excluding carboxylic acids is 1. The number of nitrogens with one attached hydrogen (secondary N) is 1. The summed E-state index contributed by atoms with van der Waals surface area (Å²) in [7, 11) is -3.00. The highest BCUT2D eigenvalue weighted by atomic mass is 32.2. The predicted octanol–water partition coefficient (Wildman–Crippen LogP) is 4.28. The van der Waals surface area contributed by atoms with Crippen molar-refractivity contribution in [1.29, 1.82) is 0 Å². The van der Waals surface area contributed by atoms with Crippen LogP contribution in [0.1, 0.15) is 61.3 Å². The zero-order valence-corrected chi connectivity index (χ0v) is 23.2. The first-order valence-corrected chi connectivity index (χ1v) is 15.6. The molecule has 0 aromatic carbocycles. The van der Waals surface area contributed by atoms with Crippen LogP contribution in [0.5, 0.6) is 0 Å². The maximum Gasteiger partial charge on any atom is 0.216 e. The molecule has 2 atom stereocenters. The molecule has 0 saturated heterocycles. The van der Waals surface area contributed by atoms with Crippen LogP contribution in [0.4, 0.5) is 0 Å². The molecular weight excluding hydrogens is 454 g/mol. The molecule has 31 heavy (non-hydrogen) atoms. The molecule has 0 rings (SSSR count). The Morgan fingerprint density at radius 2 is 1.42 bits per heavy atom. The molecule has 2 unspecified atom stereocenters. The zero-order valence-electron chi connectivity index (χ0n) is 20.8. The molecule has 6 nitrogen and oxygen atoms in total. The number of hydrogen-bond donors (Lipinski definition) is 1. The first kappa shape index (κ1) is 33.2. The Kier molecular flexibility index (Phi) is 23.4. The number of thioether (sulfide) groups is 2. The standard InChI is InChI=1S/C20H41NO5S3.C2H6/c1-17(2)16-26-18(3)6-9-25-19(4)7-10-27-12-14-29(23,24)15-13-28-11-8-21-20(5)22;1-2/h17-19H,6-16H2,1-5H3,(H,21,22);1-2H3. The number of rotatable bonds is 19. The van der Waals surface area contributed by atoms with Crippen molar-refractivity contribution < 1.29 is 22.7 Å². The maximum atomic E-state index is 12.0. The first-order chi connectivity index (χ1) is 14.6. The van der Waals surface area contributed by atoms with Crippen molar-refractivity contribution in [1.82, 2.24) is 5.32 Å². The molecule has 9 heteroatoms. The lowest BCUT2D eigenvalue weighted by Gasteiger charge is -2.17. The van der Waals surface area contributed by atoms with E-state index in [0.29, 0.717) is 30.6 Å². The molecule has 188 valence electrons. The lowest BCUT2D eigenvalue weighted by molar-refractivity contribution is -0.118. The predicted molar refractivity (Wildman–Crippen MR) is 138 cm³/mol. The van der Waals surface area contributed by atoms with E-state index in [9.17, 15) is 13.2 Å². The van der Waals surface area contributed by atoms with E-state index in [0.717, 1.165) is 31.0 Å². The Hall–Kier alpha value is 0.0400. The number of amides is 1. The average Bonchev–Trinajstić information content (AvgIpc) is 2.70. The van der Waals surface area contributed by atoms with Crippen molar-refractivity contribution in [2.24, 2.45) is 5.92 Å². The highest BCUT2D eigenvalue weighted by Crippen LogP contribution is 2.10. The summed E-state index contributed by atoms with van der Waals surface area (Å²) in [4.78, 5) is 10.7. The van der Waals surface area contributed by atoms with Crippen molar-refractivity contribution in [2.45, 2.75) is 73.5 Å². The molecule has 0 radical (unpaired) electrons. The third kappa shape index (κ3) is 26.2. The summed E-state index contributed by atoms with van der Waals surface area (Å²) in [5.74, 6) is 3.78. The van der Waals surface area contributed by atoms with Crippen LogP contribution >= 0.6 is 23.5 Å². The molecule has 0 aromatic rings. The van der Waals surface area contributed by atoms with Crippen LogP contribution in [-0.4, -0.2) is 80.8 Å². The van der Waals surface area contributed by atoms with Gasteiger partial charge >= 0.3 is 0 Å². The lowest BCUT2D eigenvalue weighted by atomic mass is 10.2. The van der Waals surface area contributed by atoms with Crippen LogP contribution in [0, 0.1) is 5.92 Å². The van der Waals surface area contributed by atoms with E-state index in [4.69, 9.17) is 9.47 Å². The molecule has 0 heterocycles. The summed E-state index contributed by atoms with van der Waals surface area (Å²) < 4.78 is 35.6. The highest BCUT2D eigenvalue weighted by molar-refractivity contribution is 8.02. The zero-order chi connectivity index (χ0) is 24.1. The molecule has 1 amide bonds. The second-order valence-electron chi connectivity index (χ2n) is 7.66. The Labute approximate surface area is 200 Å². The fourth-order valence-corrected chi connectivity index (χ4v) is 6.52. The second-order valence-corrected chi connectivity index (χ2v) is 12.4.